The Morgan fingerprint density at radius 3 is 2.73 bits per heavy atom. The van der Waals surface area contributed by atoms with Gasteiger partial charge in [0.15, 0.2) is 0 Å². The Morgan fingerprint density at radius 2 is 2.08 bits per heavy atom. The van der Waals surface area contributed by atoms with Crippen LogP contribution in [-0.2, 0) is 11.3 Å². The van der Waals surface area contributed by atoms with Crippen LogP contribution in [0.4, 0.5) is 14.6 Å². The van der Waals surface area contributed by atoms with Crippen LogP contribution in [0, 0.1) is 18.8 Å². The van der Waals surface area contributed by atoms with Crippen LogP contribution >= 0.6 is 0 Å². The fourth-order valence-corrected chi connectivity index (χ4v) is 3.56. The molecule has 2 unspecified atom stereocenters. The quantitative estimate of drug-likeness (QED) is 0.765. The van der Waals surface area contributed by atoms with Gasteiger partial charge in [0.25, 0.3) is 5.92 Å². The Hall–Kier alpha value is -2.51. The number of rotatable bonds is 5. The van der Waals surface area contributed by atoms with E-state index in [9.17, 15) is 13.6 Å². The second kappa shape index (κ2) is 6.03. The van der Waals surface area contributed by atoms with Crippen molar-refractivity contribution in [1.29, 1.82) is 0 Å². The fourth-order valence-electron chi connectivity index (χ4n) is 3.56. The molecule has 0 spiro atoms. The number of halogens is 2. The summed E-state index contributed by atoms with van der Waals surface area (Å²) in [6, 6.07) is 3.80. The summed E-state index contributed by atoms with van der Waals surface area (Å²) in [7, 11) is 0. The van der Waals surface area contributed by atoms with Gasteiger partial charge in [0.1, 0.15) is 5.82 Å². The Kier molecular flexibility index (Phi) is 3.93. The number of aromatic nitrogens is 3. The minimum absolute atomic E-state index is 0.318. The number of carbonyl (C=O) groups excluding carboxylic acids is 1. The predicted molar refractivity (Wildman–Crippen MR) is 90.4 cm³/mol. The summed E-state index contributed by atoms with van der Waals surface area (Å²) in [6.45, 7) is 5.17. The molecule has 2 fully saturated rings. The Labute approximate surface area is 149 Å². The highest BCUT2D eigenvalue weighted by atomic mass is 19.3. The molecule has 1 aliphatic carbocycles. The van der Waals surface area contributed by atoms with Crippen molar-refractivity contribution in [3.05, 3.63) is 41.3 Å². The highest BCUT2D eigenvalue weighted by molar-refractivity contribution is 5.88. The van der Waals surface area contributed by atoms with Gasteiger partial charge in [-0.05, 0) is 25.5 Å². The molecule has 2 aromatic heterocycles. The van der Waals surface area contributed by atoms with Gasteiger partial charge >= 0.3 is 5.97 Å². The van der Waals surface area contributed by atoms with E-state index in [0.717, 1.165) is 17.1 Å². The number of ether oxygens (including phenoxy) is 1. The number of aryl methyl sites for hydroxylation is 1. The number of fused-ring (bicyclic) bond motifs is 1. The van der Waals surface area contributed by atoms with Crippen LogP contribution in [0.15, 0.2) is 24.5 Å². The summed E-state index contributed by atoms with van der Waals surface area (Å²) in [5, 5.41) is 4.18. The normalized spacial score (nSPS) is 23.0. The van der Waals surface area contributed by atoms with Crippen LogP contribution in [-0.4, -0.2) is 46.4 Å². The minimum Gasteiger partial charge on any atom is -0.462 e. The number of piperidine rings is 1. The third-order valence-electron chi connectivity index (χ3n) is 5.18. The van der Waals surface area contributed by atoms with Crippen LogP contribution in [0.5, 0.6) is 0 Å². The maximum Gasteiger partial charge on any atom is 0.341 e. The number of carbonyl (C=O) groups is 1. The van der Waals surface area contributed by atoms with Gasteiger partial charge in [0, 0.05) is 25.0 Å². The van der Waals surface area contributed by atoms with E-state index in [1.165, 1.54) is 6.20 Å². The van der Waals surface area contributed by atoms with E-state index in [2.05, 4.69) is 10.1 Å². The first-order valence-corrected chi connectivity index (χ1v) is 8.69. The Morgan fingerprint density at radius 1 is 1.35 bits per heavy atom. The van der Waals surface area contributed by atoms with Crippen molar-refractivity contribution >= 4 is 11.8 Å². The zero-order chi connectivity index (χ0) is 18.5. The van der Waals surface area contributed by atoms with Crippen LogP contribution in [0.2, 0.25) is 0 Å². The standard InChI is InChI=1S/C18H20F2N4O2/c1-3-26-17(25)13-6-21-24(8-13)7-12-4-5-16(22-11(12)2)23-9-14-15(10-23)18(14,19)20/h4-6,8,14-15H,3,7,9-10H2,1-2H3. The van der Waals surface area contributed by atoms with Crippen LogP contribution in [0.25, 0.3) is 0 Å². The lowest BCUT2D eigenvalue weighted by Gasteiger charge is -2.21. The molecule has 1 saturated carbocycles. The van der Waals surface area contributed by atoms with Crippen molar-refractivity contribution in [2.24, 2.45) is 11.8 Å². The lowest BCUT2D eigenvalue weighted by molar-refractivity contribution is 0.0526. The van der Waals surface area contributed by atoms with Gasteiger partial charge in [-0.25, -0.2) is 18.6 Å². The highest BCUT2D eigenvalue weighted by Gasteiger charge is 2.71. The average molecular weight is 362 g/mol. The molecule has 1 aliphatic heterocycles. The lowest BCUT2D eigenvalue weighted by atomic mass is 10.2. The predicted octanol–water partition coefficient (Wildman–Crippen LogP) is 2.51. The second-order valence-corrected chi connectivity index (χ2v) is 6.85. The molecular formula is C18H20F2N4O2. The number of hydrogen-bond acceptors (Lipinski definition) is 5. The first kappa shape index (κ1) is 16.9. The van der Waals surface area contributed by atoms with Crippen molar-refractivity contribution in [1.82, 2.24) is 14.8 Å². The molecule has 0 aromatic carbocycles. The molecular weight excluding hydrogens is 342 g/mol. The van der Waals surface area contributed by atoms with Crippen molar-refractivity contribution in [2.75, 3.05) is 24.6 Å². The maximum absolute atomic E-state index is 13.3. The highest BCUT2D eigenvalue weighted by Crippen LogP contribution is 2.59. The van der Waals surface area contributed by atoms with Crippen molar-refractivity contribution in [2.45, 2.75) is 26.3 Å². The summed E-state index contributed by atoms with van der Waals surface area (Å²) in [5.74, 6) is -3.18. The van der Waals surface area contributed by atoms with Gasteiger partial charge in [-0.3, -0.25) is 4.68 Å². The molecule has 2 atom stereocenters. The van der Waals surface area contributed by atoms with Gasteiger partial charge in [-0.1, -0.05) is 6.07 Å². The summed E-state index contributed by atoms with van der Waals surface area (Å²) in [6.07, 6.45) is 3.12. The number of nitrogens with zero attached hydrogens (tertiary/aromatic N) is 4. The first-order valence-electron chi connectivity index (χ1n) is 8.69. The fraction of sp³-hybridized carbons (Fsp3) is 0.500. The van der Waals surface area contributed by atoms with Gasteiger partial charge < -0.3 is 9.64 Å². The van der Waals surface area contributed by atoms with Gasteiger partial charge in [-0.2, -0.15) is 5.10 Å². The number of alkyl halides is 2. The van der Waals surface area contributed by atoms with E-state index >= 15 is 0 Å². The molecule has 0 amide bonds. The van der Waals surface area contributed by atoms with E-state index in [1.807, 2.05) is 24.0 Å². The van der Waals surface area contributed by atoms with Crippen LogP contribution < -0.4 is 4.90 Å². The zero-order valence-electron chi connectivity index (χ0n) is 14.7. The van der Waals surface area contributed by atoms with Crippen molar-refractivity contribution < 1.29 is 18.3 Å². The van der Waals surface area contributed by atoms with E-state index in [-0.39, 0.29) is 0 Å². The first-order chi connectivity index (χ1) is 12.4. The third kappa shape index (κ3) is 2.83. The summed E-state index contributed by atoms with van der Waals surface area (Å²) in [4.78, 5) is 18.2. The van der Waals surface area contributed by atoms with Gasteiger partial charge in [-0.15, -0.1) is 0 Å². The molecule has 138 valence electrons. The van der Waals surface area contributed by atoms with Crippen molar-refractivity contribution in [3.63, 3.8) is 0 Å². The van der Waals surface area contributed by atoms with E-state index in [0.29, 0.717) is 31.8 Å². The maximum atomic E-state index is 13.3. The largest absolute Gasteiger partial charge is 0.462 e. The lowest BCUT2D eigenvalue weighted by Crippen LogP contribution is -2.28. The van der Waals surface area contributed by atoms with E-state index in [1.54, 1.807) is 17.8 Å². The smallest absolute Gasteiger partial charge is 0.341 e. The molecule has 1 saturated heterocycles. The molecule has 26 heavy (non-hydrogen) atoms. The van der Waals surface area contributed by atoms with Gasteiger partial charge in [0.05, 0.1) is 36.7 Å². The zero-order valence-corrected chi connectivity index (χ0v) is 14.7. The number of anilines is 1. The van der Waals surface area contributed by atoms with E-state index < -0.39 is 23.7 Å². The Balaban J connectivity index is 1.43. The Bertz CT molecular complexity index is 837. The SMILES string of the molecule is CCOC(=O)c1cnn(Cc2ccc(N3CC4C(C3)C4(F)F)nc2C)c1. The monoisotopic (exact) mass is 362 g/mol. The molecule has 2 aromatic rings. The molecule has 4 rings (SSSR count). The topological polar surface area (TPSA) is 60.2 Å². The summed E-state index contributed by atoms with van der Waals surface area (Å²) >= 11 is 0. The summed E-state index contributed by atoms with van der Waals surface area (Å²) < 4.78 is 33.3. The molecule has 2 aliphatic rings. The minimum atomic E-state index is -2.48. The molecule has 0 N–H and O–H groups in total. The second-order valence-electron chi connectivity index (χ2n) is 6.85. The van der Waals surface area contributed by atoms with Crippen LogP contribution in [0.3, 0.4) is 0 Å². The van der Waals surface area contributed by atoms with Crippen molar-refractivity contribution in [3.8, 4) is 0 Å². The van der Waals surface area contributed by atoms with Gasteiger partial charge in [0.2, 0.25) is 0 Å². The molecule has 0 radical (unpaired) electrons. The number of pyridine rings is 1. The molecule has 8 heteroatoms. The van der Waals surface area contributed by atoms with Crippen LogP contribution in [0.1, 0.15) is 28.5 Å². The summed E-state index contributed by atoms with van der Waals surface area (Å²) in [5.41, 5.74) is 2.19. The van der Waals surface area contributed by atoms with E-state index in [4.69, 9.17) is 4.74 Å². The average Bonchev–Trinajstić information content (AvgIpc) is 3.05. The molecule has 0 bridgehead atoms. The molecule has 6 nitrogen and oxygen atoms in total. The number of hydrogen-bond donors (Lipinski definition) is 0. The third-order valence-corrected chi connectivity index (χ3v) is 5.18. The number of esters is 1. The molecule has 3 heterocycles.